The SMILES string of the molecule is COc1c(C)cc(Cl)cc1C(N)N(C)C. The second kappa shape index (κ2) is 4.84. The average Bonchev–Trinajstić information content (AvgIpc) is 2.15. The van der Waals surface area contributed by atoms with Gasteiger partial charge in [0.25, 0.3) is 0 Å². The van der Waals surface area contributed by atoms with Gasteiger partial charge in [0.15, 0.2) is 0 Å². The topological polar surface area (TPSA) is 38.5 Å². The summed E-state index contributed by atoms with van der Waals surface area (Å²) in [6.07, 6.45) is -0.211. The minimum Gasteiger partial charge on any atom is -0.496 e. The first kappa shape index (κ1) is 12.3. The molecule has 4 heteroatoms. The molecule has 0 aliphatic carbocycles. The van der Waals surface area contributed by atoms with E-state index >= 15 is 0 Å². The number of halogens is 1. The minimum absolute atomic E-state index is 0.211. The Morgan fingerprint density at radius 1 is 1.40 bits per heavy atom. The van der Waals surface area contributed by atoms with Crippen LogP contribution in [0, 0.1) is 6.92 Å². The molecular formula is C11H17ClN2O. The van der Waals surface area contributed by atoms with Crippen molar-refractivity contribution in [2.75, 3.05) is 21.2 Å². The summed E-state index contributed by atoms with van der Waals surface area (Å²) in [5, 5.41) is 0.681. The molecule has 1 aromatic carbocycles. The van der Waals surface area contributed by atoms with E-state index in [0.29, 0.717) is 5.02 Å². The van der Waals surface area contributed by atoms with Gasteiger partial charge in [-0.25, -0.2) is 0 Å². The molecule has 1 atom stereocenters. The summed E-state index contributed by atoms with van der Waals surface area (Å²) in [6, 6.07) is 3.71. The molecule has 2 N–H and O–H groups in total. The fourth-order valence-corrected chi connectivity index (χ4v) is 1.81. The Hall–Kier alpha value is -0.770. The molecule has 1 rings (SSSR count). The standard InChI is InChI=1S/C11H17ClN2O/c1-7-5-8(12)6-9(10(7)15-4)11(13)14(2)3/h5-6,11H,13H2,1-4H3. The van der Waals surface area contributed by atoms with Crippen molar-refractivity contribution in [3.63, 3.8) is 0 Å². The molecule has 0 saturated carbocycles. The van der Waals surface area contributed by atoms with Gasteiger partial charge in [-0.3, -0.25) is 4.90 Å². The molecule has 0 aliphatic heterocycles. The minimum atomic E-state index is -0.211. The monoisotopic (exact) mass is 228 g/mol. The number of benzene rings is 1. The highest BCUT2D eigenvalue weighted by Gasteiger charge is 2.16. The molecule has 0 bridgehead atoms. The lowest BCUT2D eigenvalue weighted by Crippen LogP contribution is -2.28. The van der Waals surface area contributed by atoms with E-state index < -0.39 is 0 Å². The number of nitrogens with two attached hydrogens (primary N) is 1. The maximum absolute atomic E-state index is 6.04. The molecule has 0 radical (unpaired) electrons. The van der Waals surface area contributed by atoms with Crippen molar-refractivity contribution in [1.82, 2.24) is 4.90 Å². The molecule has 0 fully saturated rings. The molecular weight excluding hydrogens is 212 g/mol. The Bertz CT molecular complexity index is 353. The molecule has 1 aromatic rings. The summed E-state index contributed by atoms with van der Waals surface area (Å²) in [7, 11) is 5.48. The summed E-state index contributed by atoms with van der Waals surface area (Å²) in [6.45, 7) is 1.95. The molecule has 0 amide bonds. The lowest BCUT2D eigenvalue weighted by molar-refractivity contribution is 0.295. The third-order valence-electron chi connectivity index (χ3n) is 2.35. The van der Waals surface area contributed by atoms with E-state index in [0.717, 1.165) is 16.9 Å². The van der Waals surface area contributed by atoms with Gasteiger partial charge in [-0.15, -0.1) is 0 Å². The Morgan fingerprint density at radius 3 is 2.47 bits per heavy atom. The van der Waals surface area contributed by atoms with Crippen LogP contribution in [0.4, 0.5) is 0 Å². The predicted octanol–water partition coefficient (Wildman–Crippen LogP) is 2.18. The number of aryl methyl sites for hydroxylation is 1. The molecule has 1 unspecified atom stereocenters. The van der Waals surface area contributed by atoms with Crippen molar-refractivity contribution in [3.8, 4) is 5.75 Å². The number of hydrogen-bond acceptors (Lipinski definition) is 3. The highest BCUT2D eigenvalue weighted by molar-refractivity contribution is 6.30. The van der Waals surface area contributed by atoms with E-state index in [4.69, 9.17) is 22.1 Å². The summed E-state index contributed by atoms with van der Waals surface area (Å²) in [5.41, 5.74) is 7.95. The van der Waals surface area contributed by atoms with Crippen LogP contribution in [0.3, 0.4) is 0 Å². The second-order valence-electron chi connectivity index (χ2n) is 3.75. The Balaban J connectivity index is 3.26. The quantitative estimate of drug-likeness (QED) is 0.806. The molecule has 0 aromatic heterocycles. The molecule has 15 heavy (non-hydrogen) atoms. The van der Waals surface area contributed by atoms with Crippen LogP contribution in [0.5, 0.6) is 5.75 Å². The van der Waals surface area contributed by atoms with Gasteiger partial charge in [0.1, 0.15) is 5.75 Å². The second-order valence-corrected chi connectivity index (χ2v) is 4.19. The average molecular weight is 229 g/mol. The molecule has 0 heterocycles. The number of methoxy groups -OCH3 is 1. The van der Waals surface area contributed by atoms with Gasteiger partial charge in [0.2, 0.25) is 0 Å². The van der Waals surface area contributed by atoms with Crippen molar-refractivity contribution in [3.05, 3.63) is 28.3 Å². The van der Waals surface area contributed by atoms with E-state index in [1.54, 1.807) is 7.11 Å². The number of ether oxygens (including phenoxy) is 1. The van der Waals surface area contributed by atoms with E-state index in [-0.39, 0.29) is 6.17 Å². The molecule has 3 nitrogen and oxygen atoms in total. The third-order valence-corrected chi connectivity index (χ3v) is 2.57. The van der Waals surface area contributed by atoms with E-state index in [1.165, 1.54) is 0 Å². The first-order valence-corrected chi connectivity index (χ1v) is 5.11. The normalized spacial score (nSPS) is 13.0. The van der Waals surface area contributed by atoms with Crippen molar-refractivity contribution in [2.45, 2.75) is 13.1 Å². The van der Waals surface area contributed by atoms with E-state index in [1.807, 2.05) is 38.1 Å². The van der Waals surface area contributed by atoms with E-state index in [9.17, 15) is 0 Å². The van der Waals surface area contributed by atoms with Crippen LogP contribution in [0.25, 0.3) is 0 Å². The van der Waals surface area contributed by atoms with Gasteiger partial charge in [-0.1, -0.05) is 11.6 Å². The molecule has 0 saturated heterocycles. The van der Waals surface area contributed by atoms with Crippen LogP contribution in [-0.2, 0) is 0 Å². The largest absolute Gasteiger partial charge is 0.496 e. The predicted molar refractivity (Wildman–Crippen MR) is 63.4 cm³/mol. The maximum atomic E-state index is 6.04. The summed E-state index contributed by atoms with van der Waals surface area (Å²) >= 11 is 6.00. The Kier molecular flexibility index (Phi) is 3.97. The zero-order valence-electron chi connectivity index (χ0n) is 9.54. The lowest BCUT2D eigenvalue weighted by Gasteiger charge is -2.23. The number of nitrogens with zero attached hydrogens (tertiary/aromatic N) is 1. The van der Waals surface area contributed by atoms with Crippen LogP contribution in [0.2, 0.25) is 5.02 Å². The third kappa shape index (κ3) is 2.62. The zero-order valence-corrected chi connectivity index (χ0v) is 10.3. The van der Waals surface area contributed by atoms with Gasteiger partial charge in [-0.05, 0) is 38.7 Å². The van der Waals surface area contributed by atoms with Crippen LogP contribution in [0.15, 0.2) is 12.1 Å². The van der Waals surface area contributed by atoms with Gasteiger partial charge >= 0.3 is 0 Å². The van der Waals surface area contributed by atoms with Crippen molar-refractivity contribution in [1.29, 1.82) is 0 Å². The van der Waals surface area contributed by atoms with Gasteiger partial charge < -0.3 is 10.5 Å². The first-order valence-electron chi connectivity index (χ1n) is 4.73. The molecule has 0 spiro atoms. The summed E-state index contributed by atoms with van der Waals surface area (Å²) in [4.78, 5) is 1.91. The highest BCUT2D eigenvalue weighted by atomic mass is 35.5. The zero-order chi connectivity index (χ0) is 11.6. The number of rotatable bonds is 3. The summed E-state index contributed by atoms with van der Waals surface area (Å²) < 4.78 is 5.34. The van der Waals surface area contributed by atoms with Crippen LogP contribution >= 0.6 is 11.6 Å². The van der Waals surface area contributed by atoms with Crippen LogP contribution < -0.4 is 10.5 Å². The molecule has 84 valence electrons. The fraction of sp³-hybridized carbons (Fsp3) is 0.455. The summed E-state index contributed by atoms with van der Waals surface area (Å²) in [5.74, 6) is 0.806. The smallest absolute Gasteiger partial charge is 0.127 e. The van der Waals surface area contributed by atoms with Gasteiger partial charge in [-0.2, -0.15) is 0 Å². The van der Waals surface area contributed by atoms with Gasteiger partial charge in [0, 0.05) is 10.6 Å². The maximum Gasteiger partial charge on any atom is 0.127 e. The Morgan fingerprint density at radius 2 is 2.00 bits per heavy atom. The van der Waals surface area contributed by atoms with Crippen LogP contribution in [-0.4, -0.2) is 26.1 Å². The van der Waals surface area contributed by atoms with E-state index in [2.05, 4.69) is 0 Å². The number of hydrogen-bond donors (Lipinski definition) is 1. The van der Waals surface area contributed by atoms with Crippen LogP contribution in [0.1, 0.15) is 17.3 Å². The lowest BCUT2D eigenvalue weighted by atomic mass is 10.1. The highest BCUT2D eigenvalue weighted by Crippen LogP contribution is 2.31. The van der Waals surface area contributed by atoms with Crippen molar-refractivity contribution < 1.29 is 4.74 Å². The first-order chi connectivity index (χ1) is 6.97. The van der Waals surface area contributed by atoms with Gasteiger partial charge in [0.05, 0.1) is 13.3 Å². The fourth-order valence-electron chi connectivity index (χ4n) is 1.53. The molecule has 0 aliphatic rings. The van der Waals surface area contributed by atoms with Crippen molar-refractivity contribution >= 4 is 11.6 Å². The Labute approximate surface area is 95.8 Å². The van der Waals surface area contributed by atoms with Crippen molar-refractivity contribution in [2.24, 2.45) is 5.73 Å².